The second-order valence-electron chi connectivity index (χ2n) is 5.49. The van der Waals surface area contributed by atoms with Crippen LogP contribution in [0.3, 0.4) is 0 Å². The van der Waals surface area contributed by atoms with E-state index < -0.39 is 29.7 Å². The van der Waals surface area contributed by atoms with E-state index in [0.29, 0.717) is 10.6 Å². The zero-order chi connectivity index (χ0) is 18.4. The predicted molar refractivity (Wildman–Crippen MR) is 99.5 cm³/mol. The van der Waals surface area contributed by atoms with Crippen LogP contribution in [0.2, 0.25) is 5.02 Å². The van der Waals surface area contributed by atoms with E-state index in [1.807, 2.05) is 0 Å². The lowest BCUT2D eigenvalue weighted by Gasteiger charge is -2.22. The van der Waals surface area contributed by atoms with Crippen LogP contribution in [0.15, 0.2) is 42.5 Å². The first-order valence-electron chi connectivity index (χ1n) is 7.67. The number of nitrogens with one attached hydrogen (secondary N) is 1. The van der Waals surface area contributed by atoms with Crippen LogP contribution in [0.1, 0.15) is 23.6 Å². The number of nitrogens with two attached hydrogens (primary N) is 1. The van der Waals surface area contributed by atoms with E-state index in [0.717, 1.165) is 18.2 Å². The minimum atomic E-state index is -0.938. The molecule has 2 aromatic carbocycles. The lowest BCUT2D eigenvalue weighted by atomic mass is 9.97. The quantitative estimate of drug-likeness (QED) is 0.740. The van der Waals surface area contributed by atoms with Gasteiger partial charge < -0.3 is 15.8 Å². The Morgan fingerprint density at radius 3 is 2.54 bits per heavy atom. The number of carbonyl (C=O) groups excluding carboxylic acids is 1. The first kappa shape index (κ1) is 22.3. The summed E-state index contributed by atoms with van der Waals surface area (Å²) in [7, 11) is 1.45. The second-order valence-corrected chi connectivity index (χ2v) is 5.89. The molecule has 1 amide bonds. The Hall–Kier alpha value is -1.73. The Labute approximate surface area is 162 Å². The van der Waals surface area contributed by atoms with Crippen molar-refractivity contribution in [3.8, 4) is 0 Å². The molecule has 142 valence electrons. The molecule has 0 spiro atoms. The van der Waals surface area contributed by atoms with Gasteiger partial charge in [-0.05, 0) is 29.8 Å². The standard InChI is InChI=1S/C18H19ClF2N2O2.ClH/c1-25-12(10-22)9-17(24)23-18(13-4-2-3-5-15(13)19)14-8-11(20)6-7-16(14)21;/h2-8,12,18H,9-10,22H2,1H3,(H,23,24);1H. The summed E-state index contributed by atoms with van der Waals surface area (Å²) >= 11 is 6.19. The van der Waals surface area contributed by atoms with Crippen LogP contribution >= 0.6 is 24.0 Å². The third-order valence-corrected chi connectivity index (χ3v) is 4.14. The number of halogens is 4. The third-order valence-electron chi connectivity index (χ3n) is 3.80. The van der Waals surface area contributed by atoms with E-state index in [1.165, 1.54) is 7.11 Å². The third kappa shape index (κ3) is 5.64. The molecule has 2 unspecified atom stereocenters. The number of ether oxygens (including phenoxy) is 1. The molecule has 0 aliphatic carbocycles. The SMILES string of the molecule is COC(CN)CC(=O)NC(c1cc(F)ccc1F)c1ccccc1Cl.Cl. The molecule has 0 heterocycles. The number of benzene rings is 2. The molecule has 0 aromatic heterocycles. The van der Waals surface area contributed by atoms with E-state index >= 15 is 0 Å². The molecule has 0 bridgehead atoms. The molecular formula is C18H20Cl2F2N2O2. The Balaban J connectivity index is 0.00000338. The Kier molecular flexibility index (Phi) is 8.95. The number of amides is 1. The fourth-order valence-corrected chi connectivity index (χ4v) is 2.70. The molecule has 0 saturated carbocycles. The van der Waals surface area contributed by atoms with Crippen LogP contribution in [0, 0.1) is 11.6 Å². The van der Waals surface area contributed by atoms with Crippen LogP contribution in [0.4, 0.5) is 8.78 Å². The van der Waals surface area contributed by atoms with Gasteiger partial charge in [-0.1, -0.05) is 29.8 Å². The van der Waals surface area contributed by atoms with Gasteiger partial charge in [0, 0.05) is 24.2 Å². The van der Waals surface area contributed by atoms with Crippen molar-refractivity contribution in [3.63, 3.8) is 0 Å². The highest BCUT2D eigenvalue weighted by atomic mass is 35.5. The van der Waals surface area contributed by atoms with E-state index in [4.69, 9.17) is 22.1 Å². The van der Waals surface area contributed by atoms with Gasteiger partial charge in [0.15, 0.2) is 0 Å². The van der Waals surface area contributed by atoms with Gasteiger partial charge in [0.2, 0.25) is 5.91 Å². The summed E-state index contributed by atoms with van der Waals surface area (Å²) in [6.45, 7) is 0.162. The maximum Gasteiger partial charge on any atom is 0.223 e. The average molecular weight is 405 g/mol. The minimum absolute atomic E-state index is 0. The van der Waals surface area contributed by atoms with Gasteiger partial charge in [0.25, 0.3) is 0 Å². The Morgan fingerprint density at radius 2 is 1.92 bits per heavy atom. The van der Waals surface area contributed by atoms with Crippen LogP contribution in [-0.4, -0.2) is 25.7 Å². The number of methoxy groups -OCH3 is 1. The monoisotopic (exact) mass is 404 g/mol. The summed E-state index contributed by atoms with van der Waals surface area (Å²) in [6, 6.07) is 8.81. The Morgan fingerprint density at radius 1 is 1.23 bits per heavy atom. The molecule has 2 aromatic rings. The summed E-state index contributed by atoms with van der Waals surface area (Å²) in [6.07, 6.45) is -0.477. The van der Waals surface area contributed by atoms with Gasteiger partial charge in [-0.3, -0.25) is 4.79 Å². The van der Waals surface area contributed by atoms with Gasteiger partial charge >= 0.3 is 0 Å². The highest BCUT2D eigenvalue weighted by Gasteiger charge is 2.24. The molecule has 0 saturated heterocycles. The zero-order valence-corrected chi connectivity index (χ0v) is 15.6. The number of carbonyl (C=O) groups is 1. The molecular weight excluding hydrogens is 385 g/mol. The molecule has 8 heteroatoms. The number of hydrogen-bond acceptors (Lipinski definition) is 3. The smallest absolute Gasteiger partial charge is 0.223 e. The number of hydrogen-bond donors (Lipinski definition) is 2. The van der Waals surface area contributed by atoms with Crippen molar-refractivity contribution in [2.24, 2.45) is 5.73 Å². The van der Waals surface area contributed by atoms with E-state index in [1.54, 1.807) is 24.3 Å². The largest absolute Gasteiger partial charge is 0.380 e. The van der Waals surface area contributed by atoms with E-state index in [9.17, 15) is 13.6 Å². The van der Waals surface area contributed by atoms with Crippen LogP contribution < -0.4 is 11.1 Å². The highest BCUT2D eigenvalue weighted by molar-refractivity contribution is 6.31. The van der Waals surface area contributed by atoms with Crippen LogP contribution in [0.5, 0.6) is 0 Å². The molecule has 4 nitrogen and oxygen atoms in total. The summed E-state index contributed by atoms with van der Waals surface area (Å²) in [5, 5.41) is 3.02. The molecule has 0 fully saturated rings. The van der Waals surface area contributed by atoms with Crippen molar-refractivity contribution in [2.45, 2.75) is 18.6 Å². The minimum Gasteiger partial charge on any atom is -0.380 e. The lowest BCUT2D eigenvalue weighted by molar-refractivity contribution is -0.123. The summed E-state index contributed by atoms with van der Waals surface area (Å²) in [4.78, 5) is 12.3. The van der Waals surface area contributed by atoms with Crippen molar-refractivity contribution >= 4 is 29.9 Å². The summed E-state index contributed by atoms with van der Waals surface area (Å²) in [5.74, 6) is -1.67. The fraction of sp³-hybridized carbons (Fsp3) is 0.278. The van der Waals surface area contributed by atoms with E-state index in [2.05, 4.69) is 5.32 Å². The molecule has 0 aliphatic heterocycles. The molecule has 2 atom stereocenters. The average Bonchev–Trinajstić information content (AvgIpc) is 2.60. The van der Waals surface area contributed by atoms with Gasteiger partial charge in [0.05, 0.1) is 18.6 Å². The summed E-state index contributed by atoms with van der Waals surface area (Å²) in [5.41, 5.74) is 5.97. The number of rotatable bonds is 7. The topological polar surface area (TPSA) is 64.3 Å². The summed E-state index contributed by atoms with van der Waals surface area (Å²) < 4.78 is 33.0. The predicted octanol–water partition coefficient (Wildman–Crippen LogP) is 3.61. The van der Waals surface area contributed by atoms with Crippen LogP contribution in [-0.2, 0) is 9.53 Å². The molecule has 0 aliphatic rings. The lowest BCUT2D eigenvalue weighted by Crippen LogP contribution is -2.35. The van der Waals surface area contributed by atoms with Crippen molar-refractivity contribution in [1.82, 2.24) is 5.32 Å². The first-order chi connectivity index (χ1) is 12.0. The van der Waals surface area contributed by atoms with Crippen molar-refractivity contribution < 1.29 is 18.3 Å². The molecule has 2 rings (SSSR count). The molecule has 3 N–H and O–H groups in total. The normalized spacial score (nSPS) is 12.8. The van der Waals surface area contributed by atoms with Gasteiger partial charge in [0.1, 0.15) is 11.6 Å². The van der Waals surface area contributed by atoms with E-state index in [-0.39, 0.29) is 30.9 Å². The maximum absolute atomic E-state index is 14.3. The van der Waals surface area contributed by atoms with Gasteiger partial charge in [-0.2, -0.15) is 0 Å². The first-order valence-corrected chi connectivity index (χ1v) is 8.05. The fourth-order valence-electron chi connectivity index (χ4n) is 2.46. The zero-order valence-electron chi connectivity index (χ0n) is 14.0. The molecule has 0 radical (unpaired) electrons. The van der Waals surface area contributed by atoms with Crippen molar-refractivity contribution in [3.05, 3.63) is 70.2 Å². The Bertz CT molecular complexity index is 743. The maximum atomic E-state index is 14.3. The van der Waals surface area contributed by atoms with Crippen molar-refractivity contribution in [2.75, 3.05) is 13.7 Å². The van der Waals surface area contributed by atoms with Gasteiger partial charge in [-0.15, -0.1) is 12.4 Å². The highest BCUT2D eigenvalue weighted by Crippen LogP contribution is 2.30. The second kappa shape index (κ2) is 10.4. The van der Waals surface area contributed by atoms with Crippen molar-refractivity contribution in [1.29, 1.82) is 0 Å². The molecule has 26 heavy (non-hydrogen) atoms. The van der Waals surface area contributed by atoms with Crippen LogP contribution in [0.25, 0.3) is 0 Å². The van der Waals surface area contributed by atoms with Gasteiger partial charge in [-0.25, -0.2) is 8.78 Å².